The molecule has 1 amide bonds. The fourth-order valence-electron chi connectivity index (χ4n) is 2.33. The molecule has 6 nitrogen and oxygen atoms in total. The first-order valence-electron chi connectivity index (χ1n) is 7.51. The van der Waals surface area contributed by atoms with Crippen molar-refractivity contribution in [3.05, 3.63) is 47.3 Å². The van der Waals surface area contributed by atoms with E-state index in [4.69, 9.17) is 5.11 Å². The number of anilines is 1. The summed E-state index contributed by atoms with van der Waals surface area (Å²) in [5.74, 6) is -0.707. The van der Waals surface area contributed by atoms with Gasteiger partial charge in [0.2, 0.25) is 0 Å². The number of carbonyl (C=O) groups is 2. The molecular weight excluding hydrogens is 294 g/mol. The molecule has 0 spiro atoms. The predicted octanol–water partition coefficient (Wildman–Crippen LogP) is 2.73. The van der Waals surface area contributed by atoms with Crippen LogP contribution in [0.25, 0.3) is 0 Å². The van der Waals surface area contributed by atoms with E-state index in [2.05, 4.69) is 24.3 Å². The normalized spacial score (nSPS) is 10.8. The molecule has 6 heteroatoms. The smallest absolute Gasteiger partial charge is 0.307 e. The molecule has 0 saturated heterocycles. The molecule has 122 valence electrons. The predicted molar refractivity (Wildman–Crippen MR) is 87.5 cm³/mol. The van der Waals surface area contributed by atoms with Crippen molar-refractivity contribution in [1.29, 1.82) is 0 Å². The third kappa shape index (κ3) is 4.42. The van der Waals surface area contributed by atoms with E-state index >= 15 is 0 Å². The van der Waals surface area contributed by atoms with E-state index in [9.17, 15) is 9.59 Å². The third-order valence-corrected chi connectivity index (χ3v) is 3.43. The van der Waals surface area contributed by atoms with Gasteiger partial charge in [0.05, 0.1) is 18.2 Å². The maximum absolute atomic E-state index is 12.4. The molecule has 0 aliphatic rings. The van der Waals surface area contributed by atoms with Gasteiger partial charge in [0.1, 0.15) is 0 Å². The van der Waals surface area contributed by atoms with Crippen LogP contribution < -0.4 is 5.32 Å². The Morgan fingerprint density at radius 2 is 2.09 bits per heavy atom. The van der Waals surface area contributed by atoms with Crippen molar-refractivity contribution in [2.45, 2.75) is 33.7 Å². The van der Waals surface area contributed by atoms with Crippen LogP contribution in [0.4, 0.5) is 5.69 Å². The van der Waals surface area contributed by atoms with Crippen molar-refractivity contribution >= 4 is 17.6 Å². The minimum atomic E-state index is -0.903. The summed E-state index contributed by atoms with van der Waals surface area (Å²) in [5, 5.41) is 15.9. The second-order valence-electron chi connectivity index (χ2n) is 5.94. The maximum atomic E-state index is 12.4. The number of nitrogens with one attached hydrogen (secondary N) is 1. The number of carboxylic acid groups (broad SMARTS) is 1. The second kappa shape index (κ2) is 7.09. The zero-order valence-electron chi connectivity index (χ0n) is 13.5. The van der Waals surface area contributed by atoms with Crippen molar-refractivity contribution in [3.8, 4) is 0 Å². The molecular formula is C17H21N3O3. The van der Waals surface area contributed by atoms with Crippen LogP contribution in [0.15, 0.2) is 30.5 Å². The molecule has 0 radical (unpaired) electrons. The van der Waals surface area contributed by atoms with Gasteiger partial charge in [-0.25, -0.2) is 0 Å². The molecule has 0 atom stereocenters. The van der Waals surface area contributed by atoms with Crippen LogP contribution in [0, 0.1) is 12.8 Å². The Kier molecular flexibility index (Phi) is 5.16. The largest absolute Gasteiger partial charge is 0.481 e. The van der Waals surface area contributed by atoms with Crippen molar-refractivity contribution in [2.24, 2.45) is 5.92 Å². The Bertz CT molecular complexity index is 720. The van der Waals surface area contributed by atoms with E-state index in [1.807, 2.05) is 11.6 Å². The number of rotatable bonds is 6. The van der Waals surface area contributed by atoms with Crippen LogP contribution in [-0.2, 0) is 17.8 Å². The van der Waals surface area contributed by atoms with E-state index in [0.29, 0.717) is 22.7 Å². The van der Waals surface area contributed by atoms with Gasteiger partial charge < -0.3 is 10.4 Å². The lowest BCUT2D eigenvalue weighted by atomic mass is 10.1. The molecule has 2 rings (SSSR count). The molecule has 2 aromatic rings. The zero-order valence-corrected chi connectivity index (χ0v) is 13.5. The first-order valence-corrected chi connectivity index (χ1v) is 7.51. The second-order valence-corrected chi connectivity index (χ2v) is 5.94. The van der Waals surface area contributed by atoms with Gasteiger partial charge >= 0.3 is 5.97 Å². The minimum Gasteiger partial charge on any atom is -0.481 e. The lowest BCUT2D eigenvalue weighted by Crippen LogP contribution is -2.14. The van der Waals surface area contributed by atoms with E-state index < -0.39 is 5.97 Å². The molecule has 1 heterocycles. The summed E-state index contributed by atoms with van der Waals surface area (Å²) in [6, 6.07) is 6.84. The monoisotopic (exact) mass is 315 g/mol. The van der Waals surface area contributed by atoms with E-state index in [0.717, 1.165) is 12.2 Å². The fraction of sp³-hybridized carbons (Fsp3) is 0.353. The molecule has 0 bridgehead atoms. The molecule has 0 aliphatic carbocycles. The summed E-state index contributed by atoms with van der Waals surface area (Å²) in [4.78, 5) is 23.1. The minimum absolute atomic E-state index is 0.0743. The van der Waals surface area contributed by atoms with Crippen LogP contribution in [0.2, 0.25) is 0 Å². The third-order valence-electron chi connectivity index (χ3n) is 3.43. The van der Waals surface area contributed by atoms with Gasteiger partial charge in [-0.2, -0.15) is 5.10 Å². The number of aromatic nitrogens is 2. The number of amides is 1. The van der Waals surface area contributed by atoms with Gasteiger partial charge in [0, 0.05) is 17.9 Å². The van der Waals surface area contributed by atoms with E-state index in [1.54, 1.807) is 30.5 Å². The van der Waals surface area contributed by atoms with Crippen LogP contribution in [-0.4, -0.2) is 26.8 Å². The fourth-order valence-corrected chi connectivity index (χ4v) is 2.33. The van der Waals surface area contributed by atoms with E-state index in [-0.39, 0.29) is 12.3 Å². The Hall–Kier alpha value is -2.63. The molecule has 0 saturated carbocycles. The quantitative estimate of drug-likeness (QED) is 0.858. The van der Waals surface area contributed by atoms with Gasteiger partial charge in [-0.15, -0.1) is 0 Å². The number of benzene rings is 1. The van der Waals surface area contributed by atoms with Crippen LogP contribution in [0.5, 0.6) is 0 Å². The number of hydrogen-bond donors (Lipinski definition) is 2. The molecule has 0 unspecified atom stereocenters. The highest BCUT2D eigenvalue weighted by Crippen LogP contribution is 2.15. The highest BCUT2D eigenvalue weighted by atomic mass is 16.4. The highest BCUT2D eigenvalue weighted by molar-refractivity contribution is 6.04. The first kappa shape index (κ1) is 16.7. The average molecular weight is 315 g/mol. The topological polar surface area (TPSA) is 84.2 Å². The number of hydrogen-bond acceptors (Lipinski definition) is 3. The Morgan fingerprint density at radius 3 is 2.74 bits per heavy atom. The summed E-state index contributed by atoms with van der Waals surface area (Å²) < 4.78 is 1.82. The van der Waals surface area contributed by atoms with Crippen LogP contribution in [0.1, 0.15) is 35.5 Å². The standard InChI is InChI=1S/C17H21N3O3/c1-11(2)10-20-12(3)15(9-18-20)17(23)19-14-6-4-5-13(7-14)8-16(21)22/h4-7,9,11H,8,10H2,1-3H3,(H,19,23)(H,21,22). The van der Waals surface area contributed by atoms with E-state index in [1.165, 1.54) is 0 Å². The van der Waals surface area contributed by atoms with Gasteiger partial charge in [0.15, 0.2) is 0 Å². The summed E-state index contributed by atoms with van der Waals surface area (Å²) >= 11 is 0. The molecule has 23 heavy (non-hydrogen) atoms. The number of nitrogens with zero attached hydrogens (tertiary/aromatic N) is 2. The highest BCUT2D eigenvalue weighted by Gasteiger charge is 2.15. The summed E-state index contributed by atoms with van der Waals surface area (Å²) in [5.41, 5.74) is 2.56. The summed E-state index contributed by atoms with van der Waals surface area (Å²) in [6.45, 7) is 6.81. The van der Waals surface area contributed by atoms with Crippen LogP contribution in [0.3, 0.4) is 0 Å². The zero-order chi connectivity index (χ0) is 17.0. The van der Waals surface area contributed by atoms with Crippen molar-refractivity contribution < 1.29 is 14.7 Å². The SMILES string of the molecule is Cc1c(C(=O)Nc2cccc(CC(=O)O)c2)cnn1CC(C)C. The molecule has 0 fully saturated rings. The van der Waals surface area contributed by atoms with Crippen LogP contribution >= 0.6 is 0 Å². The Morgan fingerprint density at radius 1 is 1.35 bits per heavy atom. The first-order chi connectivity index (χ1) is 10.9. The average Bonchev–Trinajstić information content (AvgIpc) is 2.79. The Balaban J connectivity index is 2.13. The number of aliphatic carboxylic acids is 1. The van der Waals surface area contributed by atoms with Crippen molar-refractivity contribution in [2.75, 3.05) is 5.32 Å². The molecule has 0 aliphatic heterocycles. The van der Waals surface area contributed by atoms with Crippen molar-refractivity contribution in [3.63, 3.8) is 0 Å². The lowest BCUT2D eigenvalue weighted by Gasteiger charge is -2.09. The van der Waals surface area contributed by atoms with Gasteiger partial charge in [-0.3, -0.25) is 14.3 Å². The summed E-state index contributed by atoms with van der Waals surface area (Å²) in [6.07, 6.45) is 1.49. The van der Waals surface area contributed by atoms with Gasteiger partial charge in [0.25, 0.3) is 5.91 Å². The number of carbonyl (C=O) groups excluding carboxylic acids is 1. The van der Waals surface area contributed by atoms with Crippen molar-refractivity contribution in [1.82, 2.24) is 9.78 Å². The molecule has 1 aromatic heterocycles. The Labute approximate surface area is 135 Å². The molecule has 1 aromatic carbocycles. The maximum Gasteiger partial charge on any atom is 0.307 e. The van der Waals surface area contributed by atoms with Gasteiger partial charge in [-0.1, -0.05) is 26.0 Å². The number of carboxylic acids is 1. The molecule has 2 N–H and O–H groups in total. The van der Waals surface area contributed by atoms with Gasteiger partial charge in [-0.05, 0) is 30.5 Å². The summed E-state index contributed by atoms with van der Waals surface area (Å²) in [7, 11) is 0. The lowest BCUT2D eigenvalue weighted by molar-refractivity contribution is -0.136.